The number of aromatic hydroxyl groups is 1. The van der Waals surface area contributed by atoms with Gasteiger partial charge in [-0.1, -0.05) is 18.2 Å². The van der Waals surface area contributed by atoms with Gasteiger partial charge in [-0.05, 0) is 35.9 Å². The zero-order valence-corrected chi connectivity index (χ0v) is 11.7. The molecule has 118 valence electrons. The normalized spacial score (nSPS) is 12.9. The highest BCUT2D eigenvalue weighted by molar-refractivity contribution is 5.31. The van der Waals surface area contributed by atoms with Crippen LogP contribution in [0.2, 0.25) is 0 Å². The minimum Gasteiger partial charge on any atom is -0.508 e. The Morgan fingerprint density at radius 2 is 1.77 bits per heavy atom. The average Bonchev–Trinajstić information content (AvgIpc) is 2.49. The van der Waals surface area contributed by atoms with Crippen molar-refractivity contribution in [2.24, 2.45) is 5.73 Å². The number of rotatable bonds is 5. The molecular formula is C16H16F3NO2. The van der Waals surface area contributed by atoms with Crippen LogP contribution >= 0.6 is 0 Å². The Kier molecular flexibility index (Phi) is 4.92. The lowest BCUT2D eigenvalue weighted by Gasteiger charge is -2.18. The van der Waals surface area contributed by atoms with Crippen molar-refractivity contribution in [2.75, 3.05) is 13.2 Å². The number of alkyl halides is 3. The number of nitrogens with two attached hydrogens (primary N) is 1. The molecule has 0 fully saturated rings. The molecule has 3 N–H and O–H groups in total. The Morgan fingerprint density at radius 1 is 1.09 bits per heavy atom. The van der Waals surface area contributed by atoms with Crippen LogP contribution in [-0.4, -0.2) is 18.3 Å². The quantitative estimate of drug-likeness (QED) is 0.888. The zero-order valence-electron chi connectivity index (χ0n) is 11.7. The number of hydrogen-bond acceptors (Lipinski definition) is 3. The van der Waals surface area contributed by atoms with E-state index in [9.17, 15) is 18.3 Å². The molecule has 0 aromatic heterocycles. The van der Waals surface area contributed by atoms with E-state index in [1.165, 1.54) is 18.2 Å². The Labute approximate surface area is 126 Å². The smallest absolute Gasteiger partial charge is 0.416 e. The summed E-state index contributed by atoms with van der Waals surface area (Å²) in [4.78, 5) is 0. The number of phenols is 1. The summed E-state index contributed by atoms with van der Waals surface area (Å²) in [6, 6.07) is 11.2. The molecule has 2 aromatic rings. The van der Waals surface area contributed by atoms with Crippen molar-refractivity contribution in [1.29, 1.82) is 0 Å². The third-order valence-corrected chi connectivity index (χ3v) is 3.26. The van der Waals surface area contributed by atoms with E-state index in [4.69, 9.17) is 10.5 Å². The highest BCUT2D eigenvalue weighted by Gasteiger charge is 2.30. The Morgan fingerprint density at radius 3 is 2.36 bits per heavy atom. The minimum absolute atomic E-state index is 0.112. The SMILES string of the molecule is NCC(COc1ccc(O)cc1)c1cccc(C(F)(F)F)c1. The molecule has 0 spiro atoms. The second kappa shape index (κ2) is 6.70. The van der Waals surface area contributed by atoms with Gasteiger partial charge in [0, 0.05) is 12.5 Å². The van der Waals surface area contributed by atoms with E-state index in [0.29, 0.717) is 11.3 Å². The fourth-order valence-corrected chi connectivity index (χ4v) is 2.01. The van der Waals surface area contributed by atoms with E-state index < -0.39 is 11.7 Å². The van der Waals surface area contributed by atoms with Crippen molar-refractivity contribution < 1.29 is 23.0 Å². The van der Waals surface area contributed by atoms with Gasteiger partial charge < -0.3 is 15.6 Å². The first kappa shape index (κ1) is 16.2. The molecule has 6 heteroatoms. The van der Waals surface area contributed by atoms with Gasteiger partial charge in [-0.3, -0.25) is 0 Å². The summed E-state index contributed by atoms with van der Waals surface area (Å²) in [5.74, 6) is 0.278. The third kappa shape index (κ3) is 4.14. The van der Waals surface area contributed by atoms with Gasteiger partial charge in [0.2, 0.25) is 0 Å². The van der Waals surface area contributed by atoms with Crippen LogP contribution in [0.4, 0.5) is 13.2 Å². The van der Waals surface area contributed by atoms with Crippen LogP contribution in [0.15, 0.2) is 48.5 Å². The predicted octanol–water partition coefficient (Wildman–Crippen LogP) is 3.53. The van der Waals surface area contributed by atoms with Gasteiger partial charge in [0.25, 0.3) is 0 Å². The Bertz CT molecular complexity index is 612. The summed E-state index contributed by atoms with van der Waals surface area (Å²) < 4.78 is 43.7. The third-order valence-electron chi connectivity index (χ3n) is 3.26. The summed E-state index contributed by atoms with van der Waals surface area (Å²) in [6.07, 6.45) is -4.38. The molecule has 0 amide bonds. The fraction of sp³-hybridized carbons (Fsp3) is 0.250. The van der Waals surface area contributed by atoms with Gasteiger partial charge in [0.1, 0.15) is 11.5 Å². The molecule has 0 radical (unpaired) electrons. The molecule has 2 rings (SSSR count). The van der Waals surface area contributed by atoms with Crippen LogP contribution in [0, 0.1) is 0 Å². The number of hydrogen-bond donors (Lipinski definition) is 2. The van der Waals surface area contributed by atoms with E-state index in [1.807, 2.05) is 0 Å². The zero-order chi connectivity index (χ0) is 16.2. The summed E-state index contributed by atoms with van der Waals surface area (Å²) in [6.45, 7) is 0.321. The molecule has 0 saturated heterocycles. The summed E-state index contributed by atoms with van der Waals surface area (Å²) >= 11 is 0. The van der Waals surface area contributed by atoms with Crippen molar-refractivity contribution >= 4 is 0 Å². The van der Waals surface area contributed by atoms with Crippen molar-refractivity contribution in [1.82, 2.24) is 0 Å². The highest BCUT2D eigenvalue weighted by Crippen LogP contribution is 2.31. The van der Waals surface area contributed by atoms with E-state index in [1.54, 1.807) is 18.2 Å². The van der Waals surface area contributed by atoms with E-state index in [-0.39, 0.29) is 24.8 Å². The second-order valence-electron chi connectivity index (χ2n) is 4.86. The first-order valence-corrected chi connectivity index (χ1v) is 6.69. The van der Waals surface area contributed by atoms with Crippen LogP contribution < -0.4 is 10.5 Å². The topological polar surface area (TPSA) is 55.5 Å². The summed E-state index contributed by atoms with van der Waals surface area (Å²) in [5, 5.41) is 9.18. The molecule has 1 atom stereocenters. The molecule has 0 aliphatic heterocycles. The molecule has 0 saturated carbocycles. The van der Waals surface area contributed by atoms with Crippen LogP contribution in [0.3, 0.4) is 0 Å². The van der Waals surface area contributed by atoms with Crippen LogP contribution in [0.5, 0.6) is 11.5 Å². The van der Waals surface area contributed by atoms with Crippen molar-refractivity contribution in [2.45, 2.75) is 12.1 Å². The molecule has 0 aliphatic carbocycles. The molecule has 0 heterocycles. The molecule has 1 unspecified atom stereocenters. The maximum atomic E-state index is 12.7. The van der Waals surface area contributed by atoms with Gasteiger partial charge in [0.05, 0.1) is 12.2 Å². The minimum atomic E-state index is -4.38. The summed E-state index contributed by atoms with van der Waals surface area (Å²) in [5.41, 5.74) is 5.43. The van der Waals surface area contributed by atoms with Crippen LogP contribution in [-0.2, 0) is 6.18 Å². The second-order valence-corrected chi connectivity index (χ2v) is 4.86. The Balaban J connectivity index is 2.09. The van der Waals surface area contributed by atoms with E-state index >= 15 is 0 Å². The number of halogens is 3. The van der Waals surface area contributed by atoms with E-state index in [2.05, 4.69) is 0 Å². The number of ether oxygens (including phenoxy) is 1. The molecular weight excluding hydrogens is 295 g/mol. The van der Waals surface area contributed by atoms with Crippen molar-refractivity contribution in [3.63, 3.8) is 0 Å². The van der Waals surface area contributed by atoms with Gasteiger partial charge in [-0.25, -0.2) is 0 Å². The monoisotopic (exact) mass is 311 g/mol. The Hall–Kier alpha value is -2.21. The lowest BCUT2D eigenvalue weighted by Crippen LogP contribution is -2.20. The maximum Gasteiger partial charge on any atom is 0.416 e. The van der Waals surface area contributed by atoms with Gasteiger partial charge in [-0.15, -0.1) is 0 Å². The fourth-order valence-electron chi connectivity index (χ4n) is 2.01. The van der Waals surface area contributed by atoms with Gasteiger partial charge in [0.15, 0.2) is 0 Å². The maximum absolute atomic E-state index is 12.7. The van der Waals surface area contributed by atoms with Crippen molar-refractivity contribution in [3.8, 4) is 11.5 Å². The number of phenolic OH excluding ortho intramolecular Hbond substituents is 1. The lowest BCUT2D eigenvalue weighted by molar-refractivity contribution is -0.137. The van der Waals surface area contributed by atoms with Crippen LogP contribution in [0.25, 0.3) is 0 Å². The summed E-state index contributed by atoms with van der Waals surface area (Å²) in [7, 11) is 0. The first-order chi connectivity index (χ1) is 10.4. The predicted molar refractivity (Wildman–Crippen MR) is 76.8 cm³/mol. The van der Waals surface area contributed by atoms with E-state index in [0.717, 1.165) is 12.1 Å². The van der Waals surface area contributed by atoms with Gasteiger partial charge in [-0.2, -0.15) is 13.2 Å². The standard InChI is InChI=1S/C16H16F3NO2/c17-16(18,19)13-3-1-2-11(8-13)12(9-20)10-22-15-6-4-14(21)5-7-15/h1-8,12,21H,9-10,20H2. The molecule has 0 aliphatic rings. The molecule has 0 bridgehead atoms. The van der Waals surface area contributed by atoms with Gasteiger partial charge >= 0.3 is 6.18 Å². The average molecular weight is 311 g/mol. The van der Waals surface area contributed by atoms with Crippen LogP contribution in [0.1, 0.15) is 17.0 Å². The molecule has 22 heavy (non-hydrogen) atoms. The molecule has 3 nitrogen and oxygen atoms in total. The lowest BCUT2D eigenvalue weighted by atomic mass is 9.98. The highest BCUT2D eigenvalue weighted by atomic mass is 19.4. The van der Waals surface area contributed by atoms with Crippen molar-refractivity contribution in [3.05, 3.63) is 59.7 Å². The molecule has 2 aromatic carbocycles. The largest absolute Gasteiger partial charge is 0.508 e. The first-order valence-electron chi connectivity index (χ1n) is 6.69. The number of benzene rings is 2.